The second-order valence-electron chi connectivity index (χ2n) is 6.08. The van der Waals surface area contributed by atoms with Gasteiger partial charge in [-0.05, 0) is 44.9 Å². The van der Waals surface area contributed by atoms with Gasteiger partial charge < -0.3 is 15.2 Å². The van der Waals surface area contributed by atoms with E-state index in [0.29, 0.717) is 28.0 Å². The molecular formula is C15H20Cl2N4. The third kappa shape index (κ3) is 2.85. The molecule has 0 saturated carbocycles. The molecule has 1 atom stereocenters. The minimum atomic E-state index is 0.515. The summed E-state index contributed by atoms with van der Waals surface area (Å²) in [6, 6.07) is 4.24. The van der Waals surface area contributed by atoms with Gasteiger partial charge >= 0.3 is 0 Å². The van der Waals surface area contributed by atoms with Crippen molar-refractivity contribution in [2.75, 3.05) is 18.8 Å². The highest BCUT2D eigenvalue weighted by atomic mass is 35.5. The van der Waals surface area contributed by atoms with Gasteiger partial charge in [0.2, 0.25) is 5.95 Å². The second-order valence-corrected chi connectivity index (χ2v) is 6.89. The number of nitrogens with two attached hydrogens (primary N) is 1. The summed E-state index contributed by atoms with van der Waals surface area (Å²) < 4.78 is 2.06. The van der Waals surface area contributed by atoms with Gasteiger partial charge in [-0.1, -0.05) is 23.2 Å². The van der Waals surface area contributed by atoms with E-state index in [-0.39, 0.29) is 0 Å². The van der Waals surface area contributed by atoms with Crippen molar-refractivity contribution in [3.63, 3.8) is 0 Å². The van der Waals surface area contributed by atoms with E-state index in [1.807, 2.05) is 6.07 Å². The zero-order valence-corrected chi connectivity index (χ0v) is 13.8. The number of nitrogens with zero attached hydrogens (tertiary/aromatic N) is 3. The van der Waals surface area contributed by atoms with Gasteiger partial charge in [-0.25, -0.2) is 4.98 Å². The zero-order valence-electron chi connectivity index (χ0n) is 12.3. The van der Waals surface area contributed by atoms with Crippen molar-refractivity contribution in [2.24, 2.45) is 5.92 Å². The lowest BCUT2D eigenvalue weighted by Gasteiger charge is -2.20. The number of nitrogen functional groups attached to an aromatic ring is 1. The Kier molecular flexibility index (Phi) is 4.04. The second kappa shape index (κ2) is 5.67. The molecule has 0 amide bonds. The zero-order chi connectivity index (χ0) is 15.1. The number of fused-ring (bicyclic) bond motifs is 1. The summed E-state index contributed by atoms with van der Waals surface area (Å²) in [4.78, 5) is 6.90. The summed E-state index contributed by atoms with van der Waals surface area (Å²) >= 11 is 12.2. The fraction of sp³-hybridized carbons (Fsp3) is 0.533. The molecule has 1 unspecified atom stereocenters. The Balaban J connectivity index is 1.87. The van der Waals surface area contributed by atoms with Crippen LogP contribution in [0.1, 0.15) is 20.3 Å². The van der Waals surface area contributed by atoms with Crippen LogP contribution >= 0.6 is 23.2 Å². The monoisotopic (exact) mass is 326 g/mol. The first-order valence-corrected chi connectivity index (χ1v) is 8.06. The Morgan fingerprint density at radius 1 is 1.33 bits per heavy atom. The van der Waals surface area contributed by atoms with Gasteiger partial charge in [0, 0.05) is 19.1 Å². The highest BCUT2D eigenvalue weighted by Crippen LogP contribution is 2.30. The lowest BCUT2D eigenvalue weighted by atomic mass is 10.1. The van der Waals surface area contributed by atoms with E-state index in [2.05, 4.69) is 28.3 Å². The van der Waals surface area contributed by atoms with E-state index in [0.717, 1.165) is 30.7 Å². The third-order valence-electron chi connectivity index (χ3n) is 4.31. The summed E-state index contributed by atoms with van der Waals surface area (Å²) in [6.07, 6.45) is 1.19. The Bertz CT molecular complexity index is 665. The van der Waals surface area contributed by atoms with Crippen LogP contribution in [0.15, 0.2) is 12.1 Å². The fourth-order valence-corrected chi connectivity index (χ4v) is 3.39. The standard InChI is InChI=1S/C15H20Cl2N4/c1-9(2)20-4-3-10(7-20)8-21-14-6-12(17)11(16)5-13(14)19-15(21)18/h5-6,9-10H,3-4,7-8H2,1-2H3,(H2,18,19). The molecule has 2 heterocycles. The van der Waals surface area contributed by atoms with Crippen LogP contribution in [0.3, 0.4) is 0 Å². The van der Waals surface area contributed by atoms with Gasteiger partial charge in [0.25, 0.3) is 0 Å². The van der Waals surface area contributed by atoms with Gasteiger partial charge in [-0.3, -0.25) is 0 Å². The van der Waals surface area contributed by atoms with Crippen LogP contribution in [0, 0.1) is 5.92 Å². The maximum absolute atomic E-state index is 6.13. The van der Waals surface area contributed by atoms with Crippen LogP contribution in [-0.4, -0.2) is 33.6 Å². The van der Waals surface area contributed by atoms with Gasteiger partial charge in [0.05, 0.1) is 21.1 Å². The average molecular weight is 327 g/mol. The largest absolute Gasteiger partial charge is 0.369 e. The Labute approximate surface area is 134 Å². The van der Waals surface area contributed by atoms with Crippen LogP contribution in [-0.2, 0) is 6.54 Å². The van der Waals surface area contributed by atoms with Crippen molar-refractivity contribution >= 4 is 40.2 Å². The molecule has 4 nitrogen and oxygen atoms in total. The van der Waals surface area contributed by atoms with Crippen LogP contribution in [0.2, 0.25) is 10.0 Å². The predicted molar refractivity (Wildman–Crippen MR) is 89.0 cm³/mol. The summed E-state index contributed by atoms with van der Waals surface area (Å²) in [5.41, 5.74) is 7.85. The molecular weight excluding hydrogens is 307 g/mol. The molecule has 2 aromatic rings. The quantitative estimate of drug-likeness (QED) is 0.936. The molecule has 0 radical (unpaired) electrons. The van der Waals surface area contributed by atoms with Crippen LogP contribution in [0.4, 0.5) is 5.95 Å². The molecule has 1 aromatic heterocycles. The first-order valence-electron chi connectivity index (χ1n) is 7.30. The van der Waals surface area contributed by atoms with Crippen molar-refractivity contribution in [2.45, 2.75) is 32.9 Å². The SMILES string of the molecule is CC(C)N1CCC(Cn2c(N)nc3cc(Cl)c(Cl)cc32)C1. The maximum atomic E-state index is 6.13. The molecule has 1 aromatic carbocycles. The number of hydrogen-bond donors (Lipinski definition) is 1. The molecule has 1 saturated heterocycles. The number of aromatic nitrogens is 2. The summed E-state index contributed by atoms with van der Waals surface area (Å²) in [5, 5.41) is 1.06. The van der Waals surface area contributed by atoms with Gasteiger partial charge in [0.15, 0.2) is 0 Å². The van der Waals surface area contributed by atoms with Gasteiger partial charge in [0.1, 0.15) is 0 Å². The first-order chi connectivity index (χ1) is 9.95. The molecule has 114 valence electrons. The van der Waals surface area contributed by atoms with Crippen molar-refractivity contribution in [1.29, 1.82) is 0 Å². The molecule has 1 aliphatic heterocycles. The summed E-state index contributed by atoms with van der Waals surface area (Å²) in [7, 11) is 0. The molecule has 3 rings (SSSR count). The summed E-state index contributed by atoms with van der Waals surface area (Å²) in [5.74, 6) is 1.13. The third-order valence-corrected chi connectivity index (χ3v) is 5.03. The molecule has 0 spiro atoms. The molecule has 0 bridgehead atoms. The van der Waals surface area contributed by atoms with Crippen LogP contribution in [0.5, 0.6) is 0 Å². The maximum Gasteiger partial charge on any atom is 0.201 e. The van der Waals surface area contributed by atoms with E-state index >= 15 is 0 Å². The molecule has 21 heavy (non-hydrogen) atoms. The van der Waals surface area contributed by atoms with Crippen molar-refractivity contribution < 1.29 is 0 Å². The van der Waals surface area contributed by atoms with E-state index in [1.54, 1.807) is 6.07 Å². The number of anilines is 1. The molecule has 2 N–H and O–H groups in total. The van der Waals surface area contributed by atoms with Crippen LogP contribution < -0.4 is 5.73 Å². The van der Waals surface area contributed by atoms with E-state index < -0.39 is 0 Å². The number of halogens is 2. The predicted octanol–water partition coefficient (Wildman–Crippen LogP) is 3.66. The van der Waals surface area contributed by atoms with E-state index in [9.17, 15) is 0 Å². The van der Waals surface area contributed by atoms with Gasteiger partial charge in [-0.15, -0.1) is 0 Å². The number of rotatable bonds is 3. The van der Waals surface area contributed by atoms with E-state index in [4.69, 9.17) is 28.9 Å². The number of benzene rings is 1. The number of likely N-dealkylation sites (tertiary alicyclic amines) is 1. The minimum Gasteiger partial charge on any atom is -0.369 e. The smallest absolute Gasteiger partial charge is 0.201 e. The fourth-order valence-electron chi connectivity index (χ4n) is 3.07. The molecule has 1 fully saturated rings. The van der Waals surface area contributed by atoms with Gasteiger partial charge in [-0.2, -0.15) is 0 Å². The average Bonchev–Trinajstić information content (AvgIpc) is 2.98. The molecule has 6 heteroatoms. The number of hydrogen-bond acceptors (Lipinski definition) is 3. The van der Waals surface area contributed by atoms with Crippen molar-refractivity contribution in [3.8, 4) is 0 Å². The normalized spacial score (nSPS) is 20.0. The topological polar surface area (TPSA) is 47.1 Å². The van der Waals surface area contributed by atoms with E-state index in [1.165, 1.54) is 6.42 Å². The minimum absolute atomic E-state index is 0.515. The lowest BCUT2D eigenvalue weighted by molar-refractivity contribution is 0.261. The van der Waals surface area contributed by atoms with Crippen molar-refractivity contribution in [3.05, 3.63) is 22.2 Å². The van der Waals surface area contributed by atoms with Crippen molar-refractivity contribution in [1.82, 2.24) is 14.5 Å². The lowest BCUT2D eigenvalue weighted by Crippen LogP contribution is -2.28. The Hall–Kier alpha value is -0.970. The first kappa shape index (κ1) is 14.9. The van der Waals surface area contributed by atoms with Crippen LogP contribution in [0.25, 0.3) is 11.0 Å². The highest BCUT2D eigenvalue weighted by Gasteiger charge is 2.25. The molecule has 1 aliphatic rings. The molecule has 0 aliphatic carbocycles. The number of imidazole rings is 1. The highest BCUT2D eigenvalue weighted by molar-refractivity contribution is 6.42. The Morgan fingerprint density at radius 2 is 2.05 bits per heavy atom. The summed E-state index contributed by atoms with van der Waals surface area (Å²) in [6.45, 7) is 7.62. The Morgan fingerprint density at radius 3 is 2.71 bits per heavy atom.